The van der Waals surface area contributed by atoms with E-state index in [1.165, 1.54) is 0 Å². The van der Waals surface area contributed by atoms with Crippen LogP contribution in [0, 0.1) is 11.6 Å². The van der Waals surface area contributed by atoms with E-state index >= 15 is 0 Å². The van der Waals surface area contributed by atoms with Gasteiger partial charge in [0, 0.05) is 30.4 Å². The predicted octanol–water partition coefficient (Wildman–Crippen LogP) is 3.37. The van der Waals surface area contributed by atoms with Crippen molar-refractivity contribution in [2.75, 3.05) is 31.2 Å². The van der Waals surface area contributed by atoms with E-state index in [9.17, 15) is 18.4 Å². The zero-order chi connectivity index (χ0) is 20.5. The van der Waals surface area contributed by atoms with Crippen molar-refractivity contribution in [3.05, 3.63) is 58.3 Å². The summed E-state index contributed by atoms with van der Waals surface area (Å²) < 4.78 is 37.5. The normalized spacial score (nSPS) is 14.2. The maximum atomic E-state index is 13.8. The molecule has 150 valence electrons. The van der Waals surface area contributed by atoms with E-state index in [4.69, 9.17) is 14.6 Å². The number of carbonyl (C=O) groups is 1. The second-order valence-electron chi connectivity index (χ2n) is 6.45. The van der Waals surface area contributed by atoms with Gasteiger partial charge in [-0.25, -0.2) is 13.6 Å². The maximum absolute atomic E-state index is 13.8. The van der Waals surface area contributed by atoms with Crippen molar-refractivity contribution in [1.29, 1.82) is 0 Å². The van der Waals surface area contributed by atoms with Crippen LogP contribution in [0.1, 0.15) is 0 Å². The summed E-state index contributed by atoms with van der Waals surface area (Å²) in [4.78, 5) is 29.0. The smallest absolute Gasteiger partial charge is 0.449 e. The Kier molecular flexibility index (Phi) is 4.89. The molecule has 1 fully saturated rings. The van der Waals surface area contributed by atoms with Gasteiger partial charge in [-0.15, -0.1) is 0 Å². The van der Waals surface area contributed by atoms with Crippen LogP contribution in [-0.2, 0) is 4.74 Å². The molecule has 2 heterocycles. The number of hydrogen-bond acceptors (Lipinski definition) is 5. The molecule has 1 aliphatic heterocycles. The predicted molar refractivity (Wildman–Crippen MR) is 102 cm³/mol. The molecule has 0 saturated carbocycles. The third-order valence-corrected chi connectivity index (χ3v) is 4.71. The molecule has 0 unspecified atom stereocenters. The number of halogens is 2. The minimum Gasteiger partial charge on any atom is -0.449 e. The minimum absolute atomic E-state index is 0.0263. The second kappa shape index (κ2) is 7.51. The number of para-hydroxylation sites is 1. The lowest BCUT2D eigenvalue weighted by Gasteiger charge is -2.30. The molecule has 29 heavy (non-hydrogen) atoms. The molecule has 9 heteroatoms. The Hall–Kier alpha value is -3.46. The van der Waals surface area contributed by atoms with Crippen LogP contribution in [0.25, 0.3) is 22.2 Å². The number of nitrogens with zero attached hydrogens (tertiary/aromatic N) is 1. The number of nitrogens with one attached hydrogen (secondary N) is 1. The average molecular weight is 402 g/mol. The molecule has 0 bridgehead atoms. The molecular weight excluding hydrogens is 386 g/mol. The molecule has 7 nitrogen and oxygen atoms in total. The zero-order valence-electron chi connectivity index (χ0n) is 15.1. The Labute approximate surface area is 163 Å². The molecule has 3 aromatic rings. The SMILES string of the molecule is O=C(O)Oc1c(-c2ccccc2N2CCOCC2)[nH]c2cc(F)c(F)cc2c1=O. The number of carboxylic acid groups (broad SMARTS) is 1. The van der Waals surface area contributed by atoms with Crippen molar-refractivity contribution >= 4 is 22.7 Å². The Morgan fingerprint density at radius 2 is 1.83 bits per heavy atom. The summed E-state index contributed by atoms with van der Waals surface area (Å²) in [5.41, 5.74) is 0.459. The summed E-state index contributed by atoms with van der Waals surface area (Å²) in [5, 5.41) is 8.90. The number of morpholine rings is 1. The summed E-state index contributed by atoms with van der Waals surface area (Å²) in [7, 11) is 0. The first-order chi connectivity index (χ1) is 14.0. The van der Waals surface area contributed by atoms with Crippen LogP contribution >= 0.6 is 0 Å². The van der Waals surface area contributed by atoms with E-state index in [-0.39, 0.29) is 16.6 Å². The van der Waals surface area contributed by atoms with Crippen LogP contribution in [0.3, 0.4) is 0 Å². The fourth-order valence-electron chi connectivity index (χ4n) is 3.40. The summed E-state index contributed by atoms with van der Waals surface area (Å²) in [6.45, 7) is 2.24. The lowest BCUT2D eigenvalue weighted by Crippen LogP contribution is -2.36. The molecule has 1 aromatic heterocycles. The third kappa shape index (κ3) is 3.52. The number of rotatable bonds is 3. The topological polar surface area (TPSA) is 91.9 Å². The van der Waals surface area contributed by atoms with Crippen molar-refractivity contribution in [2.45, 2.75) is 0 Å². The molecule has 0 amide bonds. The molecule has 0 aliphatic carbocycles. The number of ether oxygens (including phenoxy) is 2. The minimum atomic E-state index is -1.69. The number of benzene rings is 2. The Balaban J connectivity index is 1.99. The van der Waals surface area contributed by atoms with Gasteiger partial charge in [-0.1, -0.05) is 18.2 Å². The van der Waals surface area contributed by atoms with E-state index in [0.29, 0.717) is 31.9 Å². The first-order valence-corrected chi connectivity index (χ1v) is 8.83. The van der Waals surface area contributed by atoms with E-state index in [1.54, 1.807) is 18.2 Å². The van der Waals surface area contributed by atoms with Gasteiger partial charge in [0.2, 0.25) is 11.2 Å². The van der Waals surface area contributed by atoms with Gasteiger partial charge < -0.3 is 24.5 Å². The number of aromatic amines is 1. The van der Waals surface area contributed by atoms with Gasteiger partial charge in [-0.3, -0.25) is 4.79 Å². The largest absolute Gasteiger partial charge is 0.511 e. The highest BCUT2D eigenvalue weighted by Crippen LogP contribution is 2.35. The third-order valence-electron chi connectivity index (χ3n) is 4.71. The molecule has 0 atom stereocenters. The fraction of sp³-hybridized carbons (Fsp3) is 0.200. The molecule has 1 saturated heterocycles. The number of pyridine rings is 1. The van der Waals surface area contributed by atoms with Crippen LogP contribution in [0.2, 0.25) is 0 Å². The fourth-order valence-corrected chi connectivity index (χ4v) is 3.40. The molecule has 2 N–H and O–H groups in total. The van der Waals surface area contributed by atoms with Crippen LogP contribution in [0.4, 0.5) is 19.3 Å². The molecule has 0 radical (unpaired) electrons. The van der Waals surface area contributed by atoms with Crippen LogP contribution < -0.4 is 15.1 Å². The monoisotopic (exact) mass is 402 g/mol. The highest BCUT2D eigenvalue weighted by atomic mass is 19.2. The van der Waals surface area contributed by atoms with Crippen molar-refractivity contribution in [1.82, 2.24) is 4.98 Å². The molecule has 1 aliphatic rings. The average Bonchev–Trinajstić information content (AvgIpc) is 2.72. The lowest BCUT2D eigenvalue weighted by molar-refractivity contribution is 0.123. The summed E-state index contributed by atoms with van der Waals surface area (Å²) in [6, 6.07) is 8.61. The van der Waals surface area contributed by atoms with Crippen LogP contribution in [0.15, 0.2) is 41.2 Å². The number of hydrogen-bond donors (Lipinski definition) is 2. The molecule has 4 rings (SSSR count). The van der Waals surface area contributed by atoms with E-state index in [0.717, 1.165) is 17.8 Å². The zero-order valence-corrected chi connectivity index (χ0v) is 15.1. The van der Waals surface area contributed by atoms with E-state index < -0.39 is 29.0 Å². The van der Waals surface area contributed by atoms with Crippen molar-refractivity contribution in [3.63, 3.8) is 0 Å². The van der Waals surface area contributed by atoms with Crippen LogP contribution in [-0.4, -0.2) is 42.5 Å². The Morgan fingerprint density at radius 3 is 2.55 bits per heavy atom. The Bertz CT molecular complexity index is 1160. The summed E-state index contributed by atoms with van der Waals surface area (Å²) >= 11 is 0. The van der Waals surface area contributed by atoms with Crippen molar-refractivity contribution in [2.24, 2.45) is 0 Å². The van der Waals surface area contributed by atoms with Crippen molar-refractivity contribution < 1.29 is 28.2 Å². The van der Waals surface area contributed by atoms with Gasteiger partial charge in [0.1, 0.15) is 0 Å². The maximum Gasteiger partial charge on any atom is 0.511 e. The molecule has 2 aromatic carbocycles. The van der Waals surface area contributed by atoms with E-state index in [1.807, 2.05) is 11.0 Å². The Morgan fingerprint density at radius 1 is 1.14 bits per heavy atom. The lowest BCUT2D eigenvalue weighted by atomic mass is 10.0. The number of H-pyrrole nitrogens is 1. The number of fused-ring (bicyclic) bond motifs is 1. The van der Waals surface area contributed by atoms with Gasteiger partial charge in [0.15, 0.2) is 11.6 Å². The van der Waals surface area contributed by atoms with Crippen molar-refractivity contribution in [3.8, 4) is 17.0 Å². The second-order valence-corrected chi connectivity index (χ2v) is 6.45. The van der Waals surface area contributed by atoms with Gasteiger partial charge in [0.05, 0.1) is 29.8 Å². The highest BCUT2D eigenvalue weighted by molar-refractivity contribution is 5.89. The first-order valence-electron chi connectivity index (χ1n) is 8.83. The standard InChI is InChI=1S/C20H16F2N2O5/c21-13-9-12-15(10-14(13)22)23-17(19(18(12)25)29-20(26)27)11-3-1-2-4-16(11)24-5-7-28-8-6-24/h1-4,9-10H,5-8H2,(H,23,25)(H,26,27). The van der Waals surface area contributed by atoms with Gasteiger partial charge in [-0.05, 0) is 12.1 Å². The number of aromatic nitrogens is 1. The quantitative estimate of drug-likeness (QED) is 0.653. The van der Waals surface area contributed by atoms with Gasteiger partial charge in [0.25, 0.3) is 0 Å². The summed E-state index contributed by atoms with van der Waals surface area (Å²) in [5.74, 6) is -2.85. The number of anilines is 1. The summed E-state index contributed by atoms with van der Waals surface area (Å²) in [6.07, 6.45) is -1.69. The van der Waals surface area contributed by atoms with Gasteiger partial charge >= 0.3 is 6.16 Å². The molecular formula is C20H16F2N2O5. The molecule has 0 spiro atoms. The van der Waals surface area contributed by atoms with Crippen LogP contribution in [0.5, 0.6) is 5.75 Å². The van der Waals surface area contributed by atoms with E-state index in [2.05, 4.69) is 4.98 Å². The van der Waals surface area contributed by atoms with Gasteiger partial charge in [-0.2, -0.15) is 0 Å². The highest BCUT2D eigenvalue weighted by Gasteiger charge is 2.23. The first kappa shape index (κ1) is 18.9.